The van der Waals surface area contributed by atoms with Crippen LogP contribution in [0.15, 0.2) is 18.2 Å². The summed E-state index contributed by atoms with van der Waals surface area (Å²) in [4.78, 5) is 0. The Morgan fingerprint density at radius 3 is 2.84 bits per heavy atom. The van der Waals surface area contributed by atoms with Crippen molar-refractivity contribution in [3.05, 3.63) is 35.1 Å². The highest BCUT2D eigenvalue weighted by Crippen LogP contribution is 2.19. The van der Waals surface area contributed by atoms with Gasteiger partial charge in [0, 0.05) is 13.1 Å². The molecule has 0 heterocycles. The van der Waals surface area contributed by atoms with Crippen LogP contribution in [0.1, 0.15) is 43.2 Å². The lowest BCUT2D eigenvalue weighted by Crippen LogP contribution is -2.24. The van der Waals surface area contributed by atoms with Gasteiger partial charge < -0.3 is 10.1 Å². The second-order valence-electron chi connectivity index (χ2n) is 5.38. The molecule has 1 aromatic rings. The largest absolute Gasteiger partial charge is 0.377 e. The monoisotopic (exact) mass is 265 g/mol. The summed E-state index contributed by atoms with van der Waals surface area (Å²) in [7, 11) is 0. The quantitative estimate of drug-likeness (QED) is 0.794. The standard InChI is InChI=1S/C16H24FNO/c1-13-7-8-15(17)11-14(13)12-18-9-10-19-16-5-3-2-4-6-16/h7-8,11,16,18H,2-6,9-10,12H2,1H3. The first-order chi connectivity index (χ1) is 9.25. The van der Waals surface area contributed by atoms with Gasteiger partial charge in [0.25, 0.3) is 0 Å². The summed E-state index contributed by atoms with van der Waals surface area (Å²) in [6, 6.07) is 4.93. The first-order valence-corrected chi connectivity index (χ1v) is 7.33. The van der Waals surface area contributed by atoms with Gasteiger partial charge in [0.05, 0.1) is 12.7 Å². The van der Waals surface area contributed by atoms with E-state index in [0.717, 1.165) is 24.3 Å². The average Bonchev–Trinajstić information content (AvgIpc) is 2.43. The third-order valence-corrected chi connectivity index (χ3v) is 3.81. The molecule has 106 valence electrons. The normalized spacial score (nSPS) is 16.7. The lowest BCUT2D eigenvalue weighted by Gasteiger charge is -2.22. The number of nitrogens with one attached hydrogen (secondary N) is 1. The molecule has 2 rings (SSSR count). The minimum atomic E-state index is -0.166. The van der Waals surface area contributed by atoms with Gasteiger partial charge in [0.15, 0.2) is 0 Å². The summed E-state index contributed by atoms with van der Waals surface area (Å²) in [5, 5.41) is 3.32. The summed E-state index contributed by atoms with van der Waals surface area (Å²) >= 11 is 0. The summed E-state index contributed by atoms with van der Waals surface area (Å²) in [5.41, 5.74) is 2.15. The molecule has 0 bridgehead atoms. The Hall–Kier alpha value is -0.930. The number of hydrogen-bond donors (Lipinski definition) is 1. The van der Waals surface area contributed by atoms with Crippen LogP contribution in [0.4, 0.5) is 4.39 Å². The van der Waals surface area contributed by atoms with E-state index < -0.39 is 0 Å². The SMILES string of the molecule is Cc1ccc(F)cc1CNCCOC1CCCCC1. The average molecular weight is 265 g/mol. The fraction of sp³-hybridized carbons (Fsp3) is 0.625. The minimum absolute atomic E-state index is 0.166. The Labute approximate surface area is 115 Å². The van der Waals surface area contributed by atoms with Gasteiger partial charge in [-0.15, -0.1) is 0 Å². The van der Waals surface area contributed by atoms with Gasteiger partial charge in [-0.25, -0.2) is 4.39 Å². The van der Waals surface area contributed by atoms with Crippen molar-refractivity contribution < 1.29 is 9.13 Å². The highest BCUT2D eigenvalue weighted by atomic mass is 19.1. The van der Waals surface area contributed by atoms with Crippen LogP contribution in [-0.2, 0) is 11.3 Å². The number of ether oxygens (including phenoxy) is 1. The van der Waals surface area contributed by atoms with Crippen LogP contribution in [0.2, 0.25) is 0 Å². The molecular formula is C16H24FNO. The van der Waals surface area contributed by atoms with Gasteiger partial charge in [-0.2, -0.15) is 0 Å². The highest BCUT2D eigenvalue weighted by Gasteiger charge is 2.12. The molecule has 1 saturated carbocycles. The fourth-order valence-electron chi connectivity index (χ4n) is 2.58. The van der Waals surface area contributed by atoms with Crippen LogP contribution < -0.4 is 5.32 Å². The second-order valence-corrected chi connectivity index (χ2v) is 5.38. The van der Waals surface area contributed by atoms with E-state index in [2.05, 4.69) is 5.32 Å². The van der Waals surface area contributed by atoms with E-state index in [1.54, 1.807) is 6.07 Å². The zero-order valence-corrected chi connectivity index (χ0v) is 11.8. The Kier molecular flexibility index (Phi) is 5.80. The van der Waals surface area contributed by atoms with Gasteiger partial charge in [-0.3, -0.25) is 0 Å². The van der Waals surface area contributed by atoms with Crippen LogP contribution >= 0.6 is 0 Å². The van der Waals surface area contributed by atoms with Gasteiger partial charge >= 0.3 is 0 Å². The molecule has 0 unspecified atom stereocenters. The van der Waals surface area contributed by atoms with Crippen molar-refractivity contribution >= 4 is 0 Å². The molecule has 0 amide bonds. The molecule has 0 aromatic heterocycles. The van der Waals surface area contributed by atoms with E-state index >= 15 is 0 Å². The van der Waals surface area contributed by atoms with Crippen LogP contribution in [0.5, 0.6) is 0 Å². The Morgan fingerprint density at radius 1 is 1.26 bits per heavy atom. The maximum Gasteiger partial charge on any atom is 0.123 e. The zero-order chi connectivity index (χ0) is 13.5. The molecular weight excluding hydrogens is 241 g/mol. The number of benzene rings is 1. The summed E-state index contributed by atoms with van der Waals surface area (Å²) in [6.45, 7) is 4.29. The highest BCUT2D eigenvalue weighted by molar-refractivity contribution is 5.26. The summed E-state index contributed by atoms with van der Waals surface area (Å²) in [6.07, 6.45) is 6.86. The third-order valence-electron chi connectivity index (χ3n) is 3.81. The molecule has 1 aromatic carbocycles. The molecule has 1 aliphatic carbocycles. The van der Waals surface area contributed by atoms with Crippen molar-refractivity contribution in [1.29, 1.82) is 0 Å². The van der Waals surface area contributed by atoms with Gasteiger partial charge in [-0.05, 0) is 43.0 Å². The summed E-state index contributed by atoms with van der Waals surface area (Å²) in [5.74, 6) is -0.166. The van der Waals surface area contributed by atoms with Crippen LogP contribution in [0, 0.1) is 12.7 Å². The van der Waals surface area contributed by atoms with E-state index in [9.17, 15) is 4.39 Å². The smallest absolute Gasteiger partial charge is 0.123 e. The molecule has 0 atom stereocenters. The van der Waals surface area contributed by atoms with Crippen molar-refractivity contribution in [2.45, 2.75) is 51.7 Å². The number of aryl methyl sites for hydroxylation is 1. The molecule has 0 saturated heterocycles. The van der Waals surface area contributed by atoms with Gasteiger partial charge in [0.1, 0.15) is 5.82 Å². The predicted molar refractivity (Wildman–Crippen MR) is 75.7 cm³/mol. The van der Waals surface area contributed by atoms with Crippen molar-refractivity contribution in [2.75, 3.05) is 13.2 Å². The van der Waals surface area contributed by atoms with Gasteiger partial charge in [0.2, 0.25) is 0 Å². The van der Waals surface area contributed by atoms with Crippen molar-refractivity contribution in [3.8, 4) is 0 Å². The molecule has 3 heteroatoms. The first-order valence-electron chi connectivity index (χ1n) is 7.33. The fourth-order valence-corrected chi connectivity index (χ4v) is 2.58. The maximum absolute atomic E-state index is 13.1. The molecule has 2 nitrogen and oxygen atoms in total. The Balaban J connectivity index is 1.62. The molecule has 0 aliphatic heterocycles. The van der Waals surface area contributed by atoms with Crippen molar-refractivity contribution in [1.82, 2.24) is 5.32 Å². The number of rotatable bonds is 6. The van der Waals surface area contributed by atoms with Crippen LogP contribution in [0.25, 0.3) is 0 Å². The molecule has 1 N–H and O–H groups in total. The molecule has 0 spiro atoms. The molecule has 19 heavy (non-hydrogen) atoms. The maximum atomic E-state index is 13.1. The van der Waals surface area contributed by atoms with E-state index in [0.29, 0.717) is 12.6 Å². The van der Waals surface area contributed by atoms with Crippen molar-refractivity contribution in [3.63, 3.8) is 0 Å². The molecule has 1 aliphatic rings. The first kappa shape index (κ1) is 14.5. The number of hydrogen-bond acceptors (Lipinski definition) is 2. The van der Waals surface area contributed by atoms with E-state index in [1.807, 2.05) is 13.0 Å². The lowest BCUT2D eigenvalue weighted by atomic mass is 9.98. The molecule has 1 fully saturated rings. The van der Waals surface area contributed by atoms with E-state index in [1.165, 1.54) is 38.2 Å². The number of halogens is 1. The second kappa shape index (κ2) is 7.61. The lowest BCUT2D eigenvalue weighted by molar-refractivity contribution is 0.0302. The Morgan fingerprint density at radius 2 is 2.05 bits per heavy atom. The van der Waals surface area contributed by atoms with Crippen LogP contribution in [-0.4, -0.2) is 19.3 Å². The van der Waals surface area contributed by atoms with Crippen molar-refractivity contribution in [2.24, 2.45) is 0 Å². The third kappa shape index (κ3) is 4.92. The topological polar surface area (TPSA) is 21.3 Å². The van der Waals surface area contributed by atoms with E-state index in [-0.39, 0.29) is 5.82 Å². The summed E-state index contributed by atoms with van der Waals surface area (Å²) < 4.78 is 19.0. The van der Waals surface area contributed by atoms with Crippen LogP contribution in [0.3, 0.4) is 0 Å². The zero-order valence-electron chi connectivity index (χ0n) is 11.8. The molecule has 0 radical (unpaired) electrons. The minimum Gasteiger partial charge on any atom is -0.377 e. The van der Waals surface area contributed by atoms with Gasteiger partial charge in [-0.1, -0.05) is 25.3 Å². The predicted octanol–water partition coefficient (Wildman–Crippen LogP) is 3.57. The Bertz CT molecular complexity index is 388. The van der Waals surface area contributed by atoms with E-state index in [4.69, 9.17) is 4.74 Å².